The summed E-state index contributed by atoms with van der Waals surface area (Å²) in [5.74, 6) is -0.947. The Hall–Kier alpha value is -1.75. The maximum absolute atomic E-state index is 13.4. The summed E-state index contributed by atoms with van der Waals surface area (Å²) in [5, 5.41) is 0. The van der Waals surface area contributed by atoms with Gasteiger partial charge in [0.15, 0.2) is 9.84 Å². The van der Waals surface area contributed by atoms with Crippen LogP contribution in [0.1, 0.15) is 5.56 Å². The Kier molecular flexibility index (Phi) is 3.19. The summed E-state index contributed by atoms with van der Waals surface area (Å²) in [4.78, 5) is 3.53. The van der Waals surface area contributed by atoms with Crippen molar-refractivity contribution in [2.24, 2.45) is 0 Å². The molecule has 0 N–H and O–H groups in total. The first kappa shape index (κ1) is 11.7. The van der Waals surface area contributed by atoms with Gasteiger partial charge < -0.3 is 0 Å². The molecule has 0 saturated heterocycles. The Labute approximate surface area is 98.9 Å². The van der Waals surface area contributed by atoms with Crippen molar-refractivity contribution < 1.29 is 12.8 Å². The van der Waals surface area contributed by atoms with E-state index in [4.69, 9.17) is 0 Å². The van der Waals surface area contributed by atoms with Gasteiger partial charge in [0.25, 0.3) is 0 Å². The Bertz CT molecular complexity index is 611. The van der Waals surface area contributed by atoms with Crippen LogP contribution in [0.25, 0.3) is 0 Å². The fourth-order valence-corrected chi connectivity index (χ4v) is 2.91. The highest BCUT2D eigenvalue weighted by Crippen LogP contribution is 2.18. The smallest absolute Gasteiger partial charge is 0.185 e. The van der Waals surface area contributed by atoms with Crippen molar-refractivity contribution >= 4 is 9.84 Å². The van der Waals surface area contributed by atoms with E-state index in [2.05, 4.69) is 4.98 Å². The van der Waals surface area contributed by atoms with E-state index in [1.54, 1.807) is 12.1 Å². The molecule has 2 aromatic rings. The highest BCUT2D eigenvalue weighted by molar-refractivity contribution is 7.90. The predicted octanol–water partition coefficient (Wildman–Crippen LogP) is 2.19. The van der Waals surface area contributed by atoms with Gasteiger partial charge in [-0.3, -0.25) is 4.98 Å². The number of benzene rings is 1. The van der Waals surface area contributed by atoms with Gasteiger partial charge in [-0.1, -0.05) is 12.1 Å². The largest absolute Gasteiger partial charge is 0.265 e. The fraction of sp³-hybridized carbons (Fsp3) is 0.0833. The standard InChI is InChI=1S/C12H10FNO2S/c13-11-3-1-2-4-12(11)17(15,16)9-10-5-7-14-8-6-10/h1-8H,9H2. The van der Waals surface area contributed by atoms with Gasteiger partial charge in [0, 0.05) is 12.4 Å². The van der Waals surface area contributed by atoms with Crippen LogP contribution in [-0.2, 0) is 15.6 Å². The highest BCUT2D eigenvalue weighted by Gasteiger charge is 2.18. The molecule has 0 amide bonds. The zero-order chi connectivity index (χ0) is 12.3. The summed E-state index contributed by atoms with van der Waals surface area (Å²) in [6.07, 6.45) is 3.01. The molecule has 0 aliphatic rings. The number of sulfone groups is 1. The minimum absolute atomic E-state index is 0.226. The molecule has 1 aromatic carbocycles. The predicted molar refractivity (Wildman–Crippen MR) is 61.5 cm³/mol. The van der Waals surface area contributed by atoms with E-state index in [0.29, 0.717) is 5.56 Å². The lowest BCUT2D eigenvalue weighted by atomic mass is 10.3. The molecular formula is C12H10FNO2S. The van der Waals surface area contributed by atoms with E-state index in [1.807, 2.05) is 0 Å². The minimum atomic E-state index is -3.65. The number of aromatic nitrogens is 1. The number of pyridine rings is 1. The number of hydrogen-bond donors (Lipinski definition) is 0. The van der Waals surface area contributed by atoms with Crippen LogP contribution in [0.15, 0.2) is 53.7 Å². The van der Waals surface area contributed by atoms with Gasteiger partial charge in [-0.2, -0.15) is 0 Å². The quantitative estimate of drug-likeness (QED) is 0.840. The molecule has 3 nitrogen and oxygen atoms in total. The van der Waals surface area contributed by atoms with Crippen LogP contribution in [0.5, 0.6) is 0 Å². The molecule has 0 radical (unpaired) electrons. The van der Waals surface area contributed by atoms with Gasteiger partial charge in [0.1, 0.15) is 10.7 Å². The number of hydrogen-bond acceptors (Lipinski definition) is 3. The Morgan fingerprint density at radius 3 is 2.35 bits per heavy atom. The van der Waals surface area contributed by atoms with Crippen molar-refractivity contribution in [3.63, 3.8) is 0 Å². The second-order valence-electron chi connectivity index (χ2n) is 3.54. The summed E-state index contributed by atoms with van der Waals surface area (Å²) in [5.41, 5.74) is 0.586. The average molecular weight is 251 g/mol. The molecule has 0 fully saturated rings. The summed E-state index contributed by atoms with van der Waals surface area (Å²) >= 11 is 0. The molecule has 0 aliphatic heterocycles. The molecule has 0 atom stereocenters. The molecule has 1 heterocycles. The highest BCUT2D eigenvalue weighted by atomic mass is 32.2. The zero-order valence-corrected chi connectivity index (χ0v) is 9.69. The van der Waals surface area contributed by atoms with E-state index < -0.39 is 15.7 Å². The zero-order valence-electron chi connectivity index (χ0n) is 8.88. The first-order valence-corrected chi connectivity index (χ1v) is 6.61. The van der Waals surface area contributed by atoms with Crippen molar-refractivity contribution in [3.05, 3.63) is 60.2 Å². The molecule has 0 saturated carbocycles. The van der Waals surface area contributed by atoms with Gasteiger partial charge in [-0.25, -0.2) is 12.8 Å². The third-order valence-corrected chi connectivity index (χ3v) is 3.99. The summed E-state index contributed by atoms with van der Waals surface area (Å²) in [6.45, 7) is 0. The van der Waals surface area contributed by atoms with Crippen LogP contribution in [0.3, 0.4) is 0 Å². The van der Waals surface area contributed by atoms with E-state index in [-0.39, 0.29) is 10.6 Å². The van der Waals surface area contributed by atoms with Crippen LogP contribution in [-0.4, -0.2) is 13.4 Å². The minimum Gasteiger partial charge on any atom is -0.265 e. The Balaban J connectivity index is 2.36. The van der Waals surface area contributed by atoms with E-state index in [0.717, 1.165) is 6.07 Å². The van der Waals surface area contributed by atoms with Gasteiger partial charge >= 0.3 is 0 Å². The average Bonchev–Trinajstić information content (AvgIpc) is 2.30. The van der Waals surface area contributed by atoms with Gasteiger partial charge in [0.05, 0.1) is 5.75 Å². The second-order valence-corrected chi connectivity index (χ2v) is 5.50. The van der Waals surface area contributed by atoms with E-state index in [1.165, 1.54) is 30.6 Å². The van der Waals surface area contributed by atoms with Crippen LogP contribution in [0, 0.1) is 5.82 Å². The first-order chi connectivity index (χ1) is 8.09. The number of nitrogens with zero attached hydrogens (tertiary/aromatic N) is 1. The molecule has 17 heavy (non-hydrogen) atoms. The third kappa shape index (κ3) is 2.68. The maximum atomic E-state index is 13.4. The normalized spacial score (nSPS) is 11.4. The molecule has 0 bridgehead atoms. The summed E-state index contributed by atoms with van der Waals surface area (Å²) < 4.78 is 37.3. The van der Waals surface area contributed by atoms with Crippen LogP contribution in [0.2, 0.25) is 0 Å². The number of halogens is 1. The lowest BCUT2D eigenvalue weighted by Gasteiger charge is -2.05. The molecule has 2 rings (SSSR count). The van der Waals surface area contributed by atoms with Crippen LogP contribution in [0.4, 0.5) is 4.39 Å². The van der Waals surface area contributed by atoms with Crippen LogP contribution < -0.4 is 0 Å². The Morgan fingerprint density at radius 1 is 1.06 bits per heavy atom. The topological polar surface area (TPSA) is 47.0 Å². The van der Waals surface area contributed by atoms with Gasteiger partial charge in [0.2, 0.25) is 0 Å². The van der Waals surface area contributed by atoms with Gasteiger partial charge in [-0.05, 0) is 29.8 Å². The summed E-state index contributed by atoms with van der Waals surface area (Å²) in [6, 6.07) is 8.56. The molecular weight excluding hydrogens is 241 g/mol. The molecule has 1 aromatic heterocycles. The van der Waals surface area contributed by atoms with E-state index in [9.17, 15) is 12.8 Å². The van der Waals surface area contributed by atoms with E-state index >= 15 is 0 Å². The van der Waals surface area contributed by atoms with Crippen molar-refractivity contribution in [2.75, 3.05) is 0 Å². The molecule has 0 spiro atoms. The first-order valence-electron chi connectivity index (χ1n) is 4.96. The monoisotopic (exact) mass is 251 g/mol. The van der Waals surface area contributed by atoms with Gasteiger partial charge in [-0.15, -0.1) is 0 Å². The third-order valence-electron chi connectivity index (χ3n) is 2.28. The molecule has 0 unspecified atom stereocenters. The molecule has 88 valence electrons. The van der Waals surface area contributed by atoms with Crippen molar-refractivity contribution in [3.8, 4) is 0 Å². The SMILES string of the molecule is O=S(=O)(Cc1ccncc1)c1ccccc1F. The van der Waals surface area contributed by atoms with Crippen molar-refractivity contribution in [1.29, 1.82) is 0 Å². The fourth-order valence-electron chi connectivity index (χ4n) is 1.47. The lowest BCUT2D eigenvalue weighted by molar-refractivity contribution is 0.566. The number of rotatable bonds is 3. The second kappa shape index (κ2) is 4.63. The lowest BCUT2D eigenvalue weighted by Crippen LogP contribution is -2.07. The summed E-state index contributed by atoms with van der Waals surface area (Å²) in [7, 11) is -3.65. The van der Waals surface area contributed by atoms with Crippen LogP contribution >= 0.6 is 0 Å². The Morgan fingerprint density at radius 2 is 1.71 bits per heavy atom. The molecule has 5 heteroatoms. The maximum Gasteiger partial charge on any atom is 0.185 e. The molecule has 0 aliphatic carbocycles. The van der Waals surface area contributed by atoms with Crippen molar-refractivity contribution in [2.45, 2.75) is 10.6 Å². The van der Waals surface area contributed by atoms with Crippen molar-refractivity contribution in [1.82, 2.24) is 4.98 Å².